The number of anilines is 2. The summed E-state index contributed by atoms with van der Waals surface area (Å²) in [4.78, 5) is 8.30. The molecule has 2 rings (SSSR count). The molecule has 6 heteroatoms. The summed E-state index contributed by atoms with van der Waals surface area (Å²) in [6.45, 7) is 4.18. The second-order valence-electron chi connectivity index (χ2n) is 4.26. The van der Waals surface area contributed by atoms with Crippen LogP contribution in [0, 0.1) is 6.92 Å². The van der Waals surface area contributed by atoms with E-state index in [1.807, 2.05) is 12.1 Å². The molecule has 1 atom stereocenters. The molecule has 19 heavy (non-hydrogen) atoms. The van der Waals surface area contributed by atoms with Crippen LogP contribution in [-0.2, 0) is 0 Å². The SMILES string of the molecule is Cc1ccccc1C(C)Nc1nc(NN)ncc1Br. The molecule has 0 fully saturated rings. The number of aromatic nitrogens is 2. The average molecular weight is 322 g/mol. The van der Waals surface area contributed by atoms with Crippen molar-refractivity contribution in [3.8, 4) is 0 Å². The molecule has 5 nitrogen and oxygen atoms in total. The van der Waals surface area contributed by atoms with Gasteiger partial charge >= 0.3 is 0 Å². The van der Waals surface area contributed by atoms with Gasteiger partial charge in [0.25, 0.3) is 0 Å². The van der Waals surface area contributed by atoms with Crippen LogP contribution in [-0.4, -0.2) is 9.97 Å². The lowest BCUT2D eigenvalue weighted by atomic mass is 10.0. The average Bonchev–Trinajstić information content (AvgIpc) is 2.41. The Morgan fingerprint density at radius 1 is 1.32 bits per heavy atom. The van der Waals surface area contributed by atoms with Gasteiger partial charge in [-0.25, -0.2) is 10.8 Å². The zero-order valence-corrected chi connectivity index (χ0v) is 12.4. The molecule has 1 heterocycles. The lowest BCUT2D eigenvalue weighted by Gasteiger charge is -2.18. The van der Waals surface area contributed by atoms with E-state index in [1.54, 1.807) is 6.20 Å². The molecular weight excluding hydrogens is 306 g/mol. The fraction of sp³-hybridized carbons (Fsp3) is 0.231. The summed E-state index contributed by atoms with van der Waals surface area (Å²) in [5.41, 5.74) is 4.91. The van der Waals surface area contributed by atoms with Gasteiger partial charge in [0, 0.05) is 6.20 Å². The van der Waals surface area contributed by atoms with Crippen LogP contribution in [0.1, 0.15) is 24.1 Å². The lowest BCUT2D eigenvalue weighted by Crippen LogP contribution is -2.14. The number of nitrogen functional groups attached to an aromatic ring is 1. The summed E-state index contributed by atoms with van der Waals surface area (Å²) in [5.74, 6) is 6.40. The molecule has 4 N–H and O–H groups in total. The molecule has 0 radical (unpaired) electrons. The number of nitrogens with one attached hydrogen (secondary N) is 2. The van der Waals surface area contributed by atoms with Crippen molar-refractivity contribution in [1.82, 2.24) is 9.97 Å². The van der Waals surface area contributed by atoms with Crippen LogP contribution in [0.4, 0.5) is 11.8 Å². The van der Waals surface area contributed by atoms with E-state index in [9.17, 15) is 0 Å². The quantitative estimate of drug-likeness (QED) is 0.596. The molecule has 1 aromatic heterocycles. The molecule has 1 aromatic carbocycles. The maximum atomic E-state index is 5.32. The van der Waals surface area contributed by atoms with Gasteiger partial charge < -0.3 is 5.32 Å². The van der Waals surface area contributed by atoms with Crippen LogP contribution in [0.25, 0.3) is 0 Å². The molecule has 0 aliphatic heterocycles. The Balaban J connectivity index is 2.24. The Kier molecular flexibility index (Phi) is 4.34. The van der Waals surface area contributed by atoms with E-state index < -0.39 is 0 Å². The second kappa shape index (κ2) is 5.99. The molecule has 0 amide bonds. The van der Waals surface area contributed by atoms with Crippen molar-refractivity contribution in [2.75, 3.05) is 10.7 Å². The fourth-order valence-electron chi connectivity index (χ4n) is 1.89. The number of hydrogen-bond donors (Lipinski definition) is 3. The number of nitrogens with two attached hydrogens (primary N) is 1. The molecule has 0 bridgehead atoms. The minimum Gasteiger partial charge on any atom is -0.362 e. The molecule has 100 valence electrons. The van der Waals surface area contributed by atoms with Crippen molar-refractivity contribution in [2.24, 2.45) is 5.84 Å². The summed E-state index contributed by atoms with van der Waals surface area (Å²) in [6.07, 6.45) is 1.66. The highest BCUT2D eigenvalue weighted by Gasteiger charge is 2.11. The highest BCUT2D eigenvalue weighted by Crippen LogP contribution is 2.26. The molecular formula is C13H16BrN5. The first-order chi connectivity index (χ1) is 9.11. The third kappa shape index (κ3) is 3.21. The maximum Gasteiger partial charge on any atom is 0.239 e. The van der Waals surface area contributed by atoms with Gasteiger partial charge in [-0.1, -0.05) is 24.3 Å². The Morgan fingerprint density at radius 3 is 2.74 bits per heavy atom. The molecule has 0 saturated heterocycles. The lowest BCUT2D eigenvalue weighted by molar-refractivity contribution is 0.860. The van der Waals surface area contributed by atoms with Crippen LogP contribution < -0.4 is 16.6 Å². The smallest absolute Gasteiger partial charge is 0.239 e. The van der Waals surface area contributed by atoms with E-state index >= 15 is 0 Å². The topological polar surface area (TPSA) is 75.9 Å². The van der Waals surface area contributed by atoms with Gasteiger partial charge in [-0.2, -0.15) is 4.98 Å². The Labute approximate surface area is 120 Å². The summed E-state index contributed by atoms with van der Waals surface area (Å²) >= 11 is 3.42. The summed E-state index contributed by atoms with van der Waals surface area (Å²) < 4.78 is 0.798. The van der Waals surface area contributed by atoms with Crippen LogP contribution in [0.2, 0.25) is 0 Å². The highest BCUT2D eigenvalue weighted by atomic mass is 79.9. The minimum absolute atomic E-state index is 0.137. The zero-order valence-electron chi connectivity index (χ0n) is 10.8. The molecule has 0 spiro atoms. The first-order valence-corrected chi connectivity index (χ1v) is 6.72. The van der Waals surface area contributed by atoms with Crippen molar-refractivity contribution < 1.29 is 0 Å². The van der Waals surface area contributed by atoms with E-state index in [0.29, 0.717) is 11.8 Å². The third-order valence-corrected chi connectivity index (χ3v) is 3.46. The third-order valence-electron chi connectivity index (χ3n) is 2.88. The summed E-state index contributed by atoms with van der Waals surface area (Å²) in [7, 11) is 0. The standard InChI is InChI=1S/C13H16BrN5/c1-8-5-3-4-6-10(8)9(2)17-12-11(14)7-16-13(18-12)19-15/h3-7,9H,15H2,1-2H3,(H2,16,17,18,19). The number of aryl methyl sites for hydroxylation is 1. The summed E-state index contributed by atoms with van der Waals surface area (Å²) in [6, 6.07) is 8.39. The van der Waals surface area contributed by atoms with Gasteiger partial charge in [0.05, 0.1) is 10.5 Å². The number of benzene rings is 1. The van der Waals surface area contributed by atoms with Crippen LogP contribution >= 0.6 is 15.9 Å². The van der Waals surface area contributed by atoms with Crippen molar-refractivity contribution in [3.05, 3.63) is 46.1 Å². The Morgan fingerprint density at radius 2 is 2.05 bits per heavy atom. The molecule has 0 aliphatic carbocycles. The van der Waals surface area contributed by atoms with E-state index in [0.717, 1.165) is 4.47 Å². The molecule has 1 unspecified atom stereocenters. The van der Waals surface area contributed by atoms with Crippen molar-refractivity contribution in [1.29, 1.82) is 0 Å². The number of nitrogens with zero attached hydrogens (tertiary/aromatic N) is 2. The predicted octanol–water partition coefficient (Wildman–Crippen LogP) is 3.01. The Bertz CT molecular complexity index is 573. The molecule has 2 aromatic rings. The van der Waals surface area contributed by atoms with Crippen LogP contribution in [0.15, 0.2) is 34.9 Å². The van der Waals surface area contributed by atoms with Crippen LogP contribution in [0.3, 0.4) is 0 Å². The first kappa shape index (κ1) is 13.8. The largest absolute Gasteiger partial charge is 0.362 e. The van der Waals surface area contributed by atoms with E-state index in [1.165, 1.54) is 11.1 Å². The summed E-state index contributed by atoms with van der Waals surface area (Å²) in [5, 5.41) is 3.35. The van der Waals surface area contributed by atoms with Gasteiger partial charge in [0.15, 0.2) is 0 Å². The second-order valence-corrected chi connectivity index (χ2v) is 5.11. The van der Waals surface area contributed by atoms with Crippen molar-refractivity contribution >= 4 is 27.7 Å². The van der Waals surface area contributed by atoms with E-state index in [4.69, 9.17) is 5.84 Å². The van der Waals surface area contributed by atoms with Gasteiger partial charge in [-0.3, -0.25) is 5.43 Å². The zero-order chi connectivity index (χ0) is 13.8. The van der Waals surface area contributed by atoms with E-state index in [2.05, 4.69) is 62.6 Å². The van der Waals surface area contributed by atoms with Gasteiger partial charge in [-0.15, -0.1) is 0 Å². The van der Waals surface area contributed by atoms with Gasteiger partial charge in [0.2, 0.25) is 5.95 Å². The van der Waals surface area contributed by atoms with Crippen LogP contribution in [0.5, 0.6) is 0 Å². The van der Waals surface area contributed by atoms with Gasteiger partial charge in [-0.05, 0) is 40.9 Å². The fourth-order valence-corrected chi connectivity index (χ4v) is 2.20. The van der Waals surface area contributed by atoms with E-state index in [-0.39, 0.29) is 6.04 Å². The number of hydrogen-bond acceptors (Lipinski definition) is 5. The minimum atomic E-state index is 0.137. The number of rotatable bonds is 4. The van der Waals surface area contributed by atoms with Crippen molar-refractivity contribution in [2.45, 2.75) is 19.9 Å². The molecule has 0 aliphatic rings. The number of hydrazine groups is 1. The first-order valence-electron chi connectivity index (χ1n) is 5.93. The Hall–Kier alpha value is -1.66. The maximum absolute atomic E-state index is 5.32. The monoisotopic (exact) mass is 321 g/mol. The van der Waals surface area contributed by atoms with Crippen molar-refractivity contribution in [3.63, 3.8) is 0 Å². The highest BCUT2D eigenvalue weighted by molar-refractivity contribution is 9.10. The molecule has 0 saturated carbocycles. The van der Waals surface area contributed by atoms with Gasteiger partial charge in [0.1, 0.15) is 5.82 Å². The predicted molar refractivity (Wildman–Crippen MR) is 80.8 cm³/mol. The number of halogens is 1. The normalized spacial score (nSPS) is 12.0.